The molecule has 0 saturated carbocycles. The van der Waals surface area contributed by atoms with E-state index in [1.54, 1.807) is 0 Å². The molecule has 4 N–H and O–H groups in total. The molecule has 1 saturated heterocycles. The molecule has 162 valence electrons. The van der Waals surface area contributed by atoms with Gasteiger partial charge in [0.15, 0.2) is 0 Å². The minimum absolute atomic E-state index is 0.201. The molecule has 3 atom stereocenters. The smallest absolute Gasteiger partial charge is 0.226 e. The van der Waals surface area contributed by atoms with Crippen LogP contribution in [-0.2, 0) is 17.2 Å². The lowest BCUT2D eigenvalue weighted by atomic mass is 9.95. The standard InChI is InChI=1S/C21H29ClN6OS/c1-13(2)17(23)18(24)19-20-16(7-12-30(20)29)25-21(26-19)28-10-8-27(9-11-28)15-5-3-14(22)4-6-15/h3-6,13,17-18H,7-12,23-24H2,1-2H3. The Morgan fingerprint density at radius 1 is 1.03 bits per heavy atom. The summed E-state index contributed by atoms with van der Waals surface area (Å²) >= 11 is 6.01. The first-order chi connectivity index (χ1) is 14.3. The van der Waals surface area contributed by atoms with Crippen LogP contribution in [0.15, 0.2) is 29.2 Å². The van der Waals surface area contributed by atoms with E-state index in [-0.39, 0.29) is 12.0 Å². The van der Waals surface area contributed by atoms with Gasteiger partial charge in [0.1, 0.15) is 0 Å². The molecule has 0 amide bonds. The van der Waals surface area contributed by atoms with Gasteiger partial charge in [-0.25, -0.2) is 9.97 Å². The molecule has 2 aliphatic heterocycles. The van der Waals surface area contributed by atoms with Gasteiger partial charge in [-0.1, -0.05) is 25.4 Å². The zero-order chi connectivity index (χ0) is 21.4. The molecule has 1 fully saturated rings. The summed E-state index contributed by atoms with van der Waals surface area (Å²) in [6, 6.07) is 7.21. The number of nitrogens with zero attached hydrogens (tertiary/aromatic N) is 4. The number of piperazine rings is 1. The molecule has 9 heteroatoms. The van der Waals surface area contributed by atoms with Crippen LogP contribution >= 0.6 is 11.6 Å². The van der Waals surface area contributed by atoms with E-state index < -0.39 is 16.8 Å². The average molecular weight is 449 g/mol. The molecule has 7 nitrogen and oxygen atoms in total. The number of benzene rings is 1. The summed E-state index contributed by atoms with van der Waals surface area (Å²) in [6.07, 6.45) is 0.693. The number of nitrogens with two attached hydrogens (primary N) is 2. The van der Waals surface area contributed by atoms with Crippen LogP contribution in [0.3, 0.4) is 0 Å². The van der Waals surface area contributed by atoms with Gasteiger partial charge in [0.05, 0.1) is 33.1 Å². The predicted octanol–water partition coefficient (Wildman–Crippen LogP) is 2.10. The van der Waals surface area contributed by atoms with Crippen molar-refractivity contribution in [1.82, 2.24) is 9.97 Å². The van der Waals surface area contributed by atoms with Gasteiger partial charge in [-0.05, 0) is 30.2 Å². The van der Waals surface area contributed by atoms with Crippen molar-refractivity contribution in [3.8, 4) is 0 Å². The maximum Gasteiger partial charge on any atom is 0.226 e. The maximum atomic E-state index is 12.6. The van der Waals surface area contributed by atoms with E-state index in [4.69, 9.17) is 33.0 Å². The van der Waals surface area contributed by atoms with Gasteiger partial charge < -0.3 is 21.3 Å². The number of hydrogen-bond donors (Lipinski definition) is 2. The first-order valence-electron chi connectivity index (χ1n) is 10.4. The fourth-order valence-electron chi connectivity index (χ4n) is 3.99. The molecular formula is C21H29ClN6OS. The van der Waals surface area contributed by atoms with E-state index in [1.807, 2.05) is 38.1 Å². The van der Waals surface area contributed by atoms with Crippen molar-refractivity contribution in [2.24, 2.45) is 17.4 Å². The average Bonchev–Trinajstić information content (AvgIpc) is 3.13. The lowest BCUT2D eigenvalue weighted by Crippen LogP contribution is -2.47. The second-order valence-electron chi connectivity index (χ2n) is 8.28. The van der Waals surface area contributed by atoms with E-state index in [9.17, 15) is 4.21 Å². The van der Waals surface area contributed by atoms with Crippen LogP contribution in [0.2, 0.25) is 5.02 Å². The summed E-state index contributed by atoms with van der Waals surface area (Å²) in [4.78, 5) is 14.8. The van der Waals surface area contributed by atoms with E-state index in [0.29, 0.717) is 28.7 Å². The summed E-state index contributed by atoms with van der Waals surface area (Å²) in [7, 11) is -1.10. The van der Waals surface area contributed by atoms with E-state index >= 15 is 0 Å². The Morgan fingerprint density at radius 3 is 2.30 bits per heavy atom. The van der Waals surface area contributed by atoms with E-state index in [0.717, 1.165) is 42.6 Å². The van der Waals surface area contributed by atoms with Crippen molar-refractivity contribution in [2.75, 3.05) is 41.7 Å². The van der Waals surface area contributed by atoms with E-state index in [2.05, 4.69) is 9.80 Å². The number of aromatic nitrogens is 2. The molecule has 0 radical (unpaired) electrons. The monoisotopic (exact) mass is 448 g/mol. The molecule has 0 aliphatic carbocycles. The number of halogens is 1. The minimum atomic E-state index is -1.10. The highest BCUT2D eigenvalue weighted by Crippen LogP contribution is 2.31. The van der Waals surface area contributed by atoms with Crippen molar-refractivity contribution in [2.45, 2.75) is 37.2 Å². The highest BCUT2D eigenvalue weighted by molar-refractivity contribution is 7.85. The largest absolute Gasteiger partial charge is 0.368 e. The Bertz CT molecular complexity index is 930. The lowest BCUT2D eigenvalue weighted by molar-refractivity contribution is 0.412. The third-order valence-corrected chi connectivity index (χ3v) is 7.68. The molecule has 1 aromatic carbocycles. The lowest BCUT2D eigenvalue weighted by Gasteiger charge is -2.36. The molecule has 3 unspecified atom stereocenters. The quantitative estimate of drug-likeness (QED) is 0.722. The zero-order valence-corrected chi connectivity index (χ0v) is 19.0. The second-order valence-corrected chi connectivity index (χ2v) is 10.2. The van der Waals surface area contributed by atoms with Crippen molar-refractivity contribution in [3.05, 3.63) is 40.7 Å². The van der Waals surface area contributed by atoms with Crippen molar-refractivity contribution in [1.29, 1.82) is 0 Å². The molecule has 2 aliphatic rings. The SMILES string of the molecule is CC(C)C(N)C(N)c1nc(N2CCN(c3ccc(Cl)cc3)CC2)nc2c1S(=O)CC2. The third kappa shape index (κ3) is 4.19. The summed E-state index contributed by atoms with van der Waals surface area (Å²) in [5, 5.41) is 0.741. The normalized spacial score (nSPS) is 21.1. The van der Waals surface area contributed by atoms with Crippen LogP contribution in [0.25, 0.3) is 0 Å². The Hall–Kier alpha value is -1.74. The van der Waals surface area contributed by atoms with Crippen molar-refractivity contribution >= 4 is 34.0 Å². The van der Waals surface area contributed by atoms with Crippen LogP contribution in [0.1, 0.15) is 31.3 Å². The number of anilines is 2. The molecule has 0 spiro atoms. The molecule has 30 heavy (non-hydrogen) atoms. The first kappa shape index (κ1) is 21.5. The summed E-state index contributed by atoms with van der Waals surface area (Å²) in [5.41, 5.74) is 15.5. The van der Waals surface area contributed by atoms with Gasteiger partial charge in [-0.2, -0.15) is 0 Å². The van der Waals surface area contributed by atoms with Crippen LogP contribution < -0.4 is 21.3 Å². The van der Waals surface area contributed by atoms with Crippen LogP contribution in [0.4, 0.5) is 11.6 Å². The summed E-state index contributed by atoms with van der Waals surface area (Å²) in [6.45, 7) is 7.41. The second kappa shape index (κ2) is 8.78. The van der Waals surface area contributed by atoms with Crippen molar-refractivity contribution < 1.29 is 4.21 Å². The van der Waals surface area contributed by atoms with Gasteiger partial charge in [0.2, 0.25) is 5.95 Å². The van der Waals surface area contributed by atoms with E-state index in [1.165, 1.54) is 0 Å². The predicted molar refractivity (Wildman–Crippen MR) is 123 cm³/mol. The number of fused-ring (bicyclic) bond motifs is 1. The number of hydrogen-bond acceptors (Lipinski definition) is 7. The fourth-order valence-corrected chi connectivity index (χ4v) is 5.53. The topological polar surface area (TPSA) is 101 Å². The molecule has 1 aromatic heterocycles. The van der Waals surface area contributed by atoms with Crippen LogP contribution in [-0.4, -0.2) is 52.2 Å². The third-order valence-electron chi connectivity index (χ3n) is 5.96. The van der Waals surface area contributed by atoms with Gasteiger partial charge in [0.25, 0.3) is 0 Å². The van der Waals surface area contributed by atoms with Gasteiger partial charge in [-0.15, -0.1) is 0 Å². The number of rotatable bonds is 5. The van der Waals surface area contributed by atoms with Gasteiger partial charge in [-0.3, -0.25) is 4.21 Å². The molecule has 0 bridgehead atoms. The number of aryl methyl sites for hydroxylation is 1. The fraction of sp³-hybridized carbons (Fsp3) is 0.524. The molecule has 4 rings (SSSR count). The van der Waals surface area contributed by atoms with Crippen LogP contribution in [0, 0.1) is 5.92 Å². The first-order valence-corrected chi connectivity index (χ1v) is 12.1. The summed E-state index contributed by atoms with van der Waals surface area (Å²) < 4.78 is 12.6. The Labute approximate surface area is 185 Å². The zero-order valence-electron chi connectivity index (χ0n) is 17.4. The Kier molecular flexibility index (Phi) is 6.29. The van der Waals surface area contributed by atoms with Gasteiger partial charge in [0, 0.05) is 55.1 Å². The highest BCUT2D eigenvalue weighted by atomic mass is 35.5. The minimum Gasteiger partial charge on any atom is -0.368 e. The Balaban J connectivity index is 1.57. The molecular weight excluding hydrogens is 420 g/mol. The van der Waals surface area contributed by atoms with Crippen molar-refractivity contribution in [3.63, 3.8) is 0 Å². The Morgan fingerprint density at radius 2 is 1.67 bits per heavy atom. The molecule has 3 heterocycles. The van der Waals surface area contributed by atoms with Gasteiger partial charge >= 0.3 is 0 Å². The molecule has 2 aromatic rings. The maximum absolute atomic E-state index is 12.6. The highest BCUT2D eigenvalue weighted by Gasteiger charge is 2.32. The summed E-state index contributed by atoms with van der Waals surface area (Å²) in [5.74, 6) is 1.45. The van der Waals surface area contributed by atoms with Crippen LogP contribution in [0.5, 0.6) is 0 Å².